The van der Waals surface area contributed by atoms with Crippen molar-refractivity contribution in [3.63, 3.8) is 0 Å². The molecule has 0 heterocycles. The summed E-state index contributed by atoms with van der Waals surface area (Å²) in [6, 6.07) is 0. The maximum atomic E-state index is 11.7. The molecule has 94 valence electrons. The van der Waals surface area contributed by atoms with Crippen molar-refractivity contribution in [2.75, 3.05) is 20.2 Å². The number of rotatable bonds is 8. The summed E-state index contributed by atoms with van der Waals surface area (Å²) in [6.45, 7) is 4.52. The van der Waals surface area contributed by atoms with E-state index in [0.717, 1.165) is 12.8 Å². The number of carboxylic acid groups (broad SMARTS) is 1. The normalized spacial score (nSPS) is 12.2. The van der Waals surface area contributed by atoms with Crippen molar-refractivity contribution in [3.8, 4) is 0 Å². The number of unbranched alkanes of at least 4 members (excludes halogenated alkanes) is 1. The van der Waals surface area contributed by atoms with Gasteiger partial charge in [0, 0.05) is 20.2 Å². The maximum absolute atomic E-state index is 11.7. The van der Waals surface area contributed by atoms with E-state index < -0.39 is 12.1 Å². The fourth-order valence-corrected chi connectivity index (χ4v) is 1.16. The second kappa shape index (κ2) is 8.10. The van der Waals surface area contributed by atoms with Crippen LogP contribution in [0.15, 0.2) is 0 Å². The molecule has 0 radical (unpaired) electrons. The lowest BCUT2D eigenvalue weighted by atomic mass is 10.3. The van der Waals surface area contributed by atoms with Crippen LogP contribution in [0.25, 0.3) is 0 Å². The van der Waals surface area contributed by atoms with Crippen molar-refractivity contribution < 1.29 is 19.4 Å². The van der Waals surface area contributed by atoms with Gasteiger partial charge in [-0.2, -0.15) is 0 Å². The zero-order valence-electron chi connectivity index (χ0n) is 10.2. The van der Waals surface area contributed by atoms with E-state index >= 15 is 0 Å². The van der Waals surface area contributed by atoms with E-state index in [-0.39, 0.29) is 18.9 Å². The molecule has 0 aliphatic rings. The summed E-state index contributed by atoms with van der Waals surface area (Å²) in [5.41, 5.74) is 0. The van der Waals surface area contributed by atoms with Crippen LogP contribution in [0, 0.1) is 0 Å². The molecule has 5 heteroatoms. The molecule has 0 bridgehead atoms. The SMILES string of the molecule is CCCCOC(C)C(=O)N(C)CCC(=O)O. The van der Waals surface area contributed by atoms with Gasteiger partial charge in [0.2, 0.25) is 0 Å². The number of nitrogens with zero attached hydrogens (tertiary/aromatic N) is 1. The molecule has 0 spiro atoms. The highest BCUT2D eigenvalue weighted by Crippen LogP contribution is 2.00. The summed E-state index contributed by atoms with van der Waals surface area (Å²) in [4.78, 5) is 23.4. The summed E-state index contributed by atoms with van der Waals surface area (Å²) < 4.78 is 5.33. The van der Waals surface area contributed by atoms with E-state index in [1.165, 1.54) is 4.90 Å². The minimum Gasteiger partial charge on any atom is -0.481 e. The van der Waals surface area contributed by atoms with Gasteiger partial charge in [0.25, 0.3) is 5.91 Å². The second-order valence-corrected chi connectivity index (χ2v) is 3.77. The van der Waals surface area contributed by atoms with E-state index in [1.54, 1.807) is 14.0 Å². The van der Waals surface area contributed by atoms with Gasteiger partial charge < -0.3 is 14.7 Å². The van der Waals surface area contributed by atoms with Crippen LogP contribution in [-0.2, 0) is 14.3 Å². The molecule has 0 aliphatic carbocycles. The number of hydrogen-bond acceptors (Lipinski definition) is 3. The summed E-state index contributed by atoms with van der Waals surface area (Å²) in [5, 5.41) is 8.49. The van der Waals surface area contributed by atoms with E-state index in [9.17, 15) is 9.59 Å². The average Bonchev–Trinajstić information content (AvgIpc) is 2.24. The predicted molar refractivity (Wildman–Crippen MR) is 60.2 cm³/mol. The van der Waals surface area contributed by atoms with Gasteiger partial charge >= 0.3 is 5.97 Å². The summed E-state index contributed by atoms with van der Waals surface area (Å²) in [5.74, 6) is -1.07. The number of carboxylic acids is 1. The number of hydrogen-bond donors (Lipinski definition) is 1. The molecule has 0 aromatic heterocycles. The molecule has 0 aromatic carbocycles. The Morgan fingerprint density at radius 2 is 2.06 bits per heavy atom. The van der Waals surface area contributed by atoms with E-state index in [2.05, 4.69) is 6.92 Å². The van der Waals surface area contributed by atoms with E-state index in [0.29, 0.717) is 6.61 Å². The first kappa shape index (κ1) is 14.9. The zero-order chi connectivity index (χ0) is 12.6. The van der Waals surface area contributed by atoms with Gasteiger partial charge in [-0.25, -0.2) is 0 Å². The average molecular weight is 231 g/mol. The van der Waals surface area contributed by atoms with E-state index in [4.69, 9.17) is 9.84 Å². The number of likely N-dealkylation sites (N-methyl/N-ethyl adjacent to an activating group) is 1. The quantitative estimate of drug-likeness (QED) is 0.636. The fourth-order valence-electron chi connectivity index (χ4n) is 1.16. The molecule has 5 nitrogen and oxygen atoms in total. The molecule has 1 N–H and O–H groups in total. The third kappa shape index (κ3) is 6.40. The lowest BCUT2D eigenvalue weighted by Gasteiger charge is -2.20. The van der Waals surface area contributed by atoms with Crippen LogP contribution in [0.1, 0.15) is 33.1 Å². The lowest BCUT2D eigenvalue weighted by Crippen LogP contribution is -2.37. The molecule has 0 aliphatic heterocycles. The van der Waals surface area contributed by atoms with Crippen LogP contribution in [0.2, 0.25) is 0 Å². The highest BCUT2D eigenvalue weighted by molar-refractivity contribution is 5.80. The van der Waals surface area contributed by atoms with Crippen LogP contribution in [0.5, 0.6) is 0 Å². The Hall–Kier alpha value is -1.10. The smallest absolute Gasteiger partial charge is 0.305 e. The minimum atomic E-state index is -0.904. The largest absolute Gasteiger partial charge is 0.481 e. The molecule has 0 fully saturated rings. The van der Waals surface area contributed by atoms with Gasteiger partial charge in [0.15, 0.2) is 0 Å². The van der Waals surface area contributed by atoms with E-state index in [1.807, 2.05) is 0 Å². The second-order valence-electron chi connectivity index (χ2n) is 3.77. The molecule has 1 amide bonds. The van der Waals surface area contributed by atoms with Gasteiger partial charge in [0.05, 0.1) is 6.42 Å². The Labute approximate surface area is 96.4 Å². The van der Waals surface area contributed by atoms with Crippen molar-refractivity contribution >= 4 is 11.9 Å². The molecule has 0 aromatic rings. The first-order valence-corrected chi connectivity index (χ1v) is 5.57. The predicted octanol–water partition coefficient (Wildman–Crippen LogP) is 1.12. The Morgan fingerprint density at radius 1 is 1.44 bits per heavy atom. The Morgan fingerprint density at radius 3 is 2.56 bits per heavy atom. The molecule has 0 saturated carbocycles. The van der Waals surface area contributed by atoms with Crippen molar-refractivity contribution in [2.45, 2.75) is 39.2 Å². The third-order valence-corrected chi connectivity index (χ3v) is 2.25. The van der Waals surface area contributed by atoms with Crippen molar-refractivity contribution in [1.82, 2.24) is 4.90 Å². The maximum Gasteiger partial charge on any atom is 0.305 e. The van der Waals surface area contributed by atoms with Gasteiger partial charge in [-0.05, 0) is 13.3 Å². The van der Waals surface area contributed by atoms with Crippen LogP contribution in [-0.4, -0.2) is 48.2 Å². The number of amides is 1. The molecule has 0 saturated heterocycles. The van der Waals surface area contributed by atoms with Crippen molar-refractivity contribution in [1.29, 1.82) is 0 Å². The Kier molecular flexibility index (Phi) is 7.54. The summed E-state index contributed by atoms with van der Waals surface area (Å²) in [6.07, 6.45) is 1.42. The topological polar surface area (TPSA) is 66.8 Å². The van der Waals surface area contributed by atoms with Gasteiger partial charge in [-0.3, -0.25) is 9.59 Å². The highest BCUT2D eigenvalue weighted by atomic mass is 16.5. The van der Waals surface area contributed by atoms with Crippen LogP contribution in [0.4, 0.5) is 0 Å². The molecule has 1 unspecified atom stereocenters. The van der Waals surface area contributed by atoms with Crippen LogP contribution < -0.4 is 0 Å². The molecule has 16 heavy (non-hydrogen) atoms. The minimum absolute atomic E-state index is 0.0378. The number of ether oxygens (including phenoxy) is 1. The number of carbonyl (C=O) groups is 2. The summed E-state index contributed by atoms with van der Waals surface area (Å²) in [7, 11) is 1.59. The molecule has 0 rings (SSSR count). The Bertz CT molecular complexity index is 230. The van der Waals surface area contributed by atoms with Crippen molar-refractivity contribution in [2.24, 2.45) is 0 Å². The lowest BCUT2D eigenvalue weighted by molar-refractivity contribution is -0.143. The number of aliphatic carboxylic acids is 1. The monoisotopic (exact) mass is 231 g/mol. The Balaban J connectivity index is 3.86. The number of carbonyl (C=O) groups excluding carboxylic acids is 1. The molecular formula is C11H21NO4. The highest BCUT2D eigenvalue weighted by Gasteiger charge is 2.18. The molecule has 1 atom stereocenters. The third-order valence-electron chi connectivity index (χ3n) is 2.25. The standard InChI is InChI=1S/C11H21NO4/c1-4-5-8-16-9(2)11(15)12(3)7-6-10(13)14/h9H,4-8H2,1-3H3,(H,13,14). The van der Waals surface area contributed by atoms with Gasteiger partial charge in [0.1, 0.15) is 6.10 Å². The van der Waals surface area contributed by atoms with Crippen LogP contribution >= 0.6 is 0 Å². The first-order valence-electron chi connectivity index (χ1n) is 5.57. The fraction of sp³-hybridized carbons (Fsp3) is 0.818. The first-order chi connectivity index (χ1) is 7.49. The van der Waals surface area contributed by atoms with Crippen LogP contribution in [0.3, 0.4) is 0 Å². The van der Waals surface area contributed by atoms with Gasteiger partial charge in [-0.1, -0.05) is 13.3 Å². The zero-order valence-corrected chi connectivity index (χ0v) is 10.2. The van der Waals surface area contributed by atoms with Gasteiger partial charge in [-0.15, -0.1) is 0 Å². The molecular weight excluding hydrogens is 210 g/mol. The summed E-state index contributed by atoms with van der Waals surface area (Å²) >= 11 is 0. The van der Waals surface area contributed by atoms with Crippen molar-refractivity contribution in [3.05, 3.63) is 0 Å².